The van der Waals surface area contributed by atoms with E-state index < -0.39 is 0 Å². The highest BCUT2D eigenvalue weighted by atomic mass is 79.9. The van der Waals surface area contributed by atoms with Crippen LogP contribution >= 0.6 is 15.9 Å². The molecule has 0 saturated heterocycles. The number of benzene rings is 6. The Morgan fingerprint density at radius 3 is 1.65 bits per heavy atom. The van der Waals surface area contributed by atoms with E-state index in [2.05, 4.69) is 107 Å². The van der Waals surface area contributed by atoms with Gasteiger partial charge in [0.05, 0.1) is 0 Å². The lowest BCUT2D eigenvalue weighted by Crippen LogP contribution is -1.85. The first-order chi connectivity index (χ1) is 16.8. The van der Waals surface area contributed by atoms with E-state index in [4.69, 9.17) is 4.42 Å². The molecule has 0 spiro atoms. The molecule has 0 atom stereocenters. The number of rotatable bonds is 1. The molecule has 1 aromatic heterocycles. The van der Waals surface area contributed by atoms with Crippen LogP contribution in [0.3, 0.4) is 0 Å². The average Bonchev–Trinajstić information content (AvgIpc) is 3.29. The van der Waals surface area contributed by atoms with Gasteiger partial charge >= 0.3 is 0 Å². The summed E-state index contributed by atoms with van der Waals surface area (Å²) < 4.78 is 7.13. The van der Waals surface area contributed by atoms with E-state index in [9.17, 15) is 0 Å². The monoisotopic (exact) mass is 502 g/mol. The van der Waals surface area contributed by atoms with Crippen LogP contribution in [0.25, 0.3) is 65.4 Å². The van der Waals surface area contributed by atoms with Gasteiger partial charge in [0.1, 0.15) is 11.2 Å². The standard InChI is InChI=1S/C30H17BrO.C2H6/c31-27-10-5-11-29-30(27)26-17-19(13-15-28(26)32-29)18-12-14-24-22-8-2-1-6-20(22)21-7-3-4-9-23(21)25(24)16-18;1-2/h1-17H;1-2H3. The highest BCUT2D eigenvalue weighted by Crippen LogP contribution is 2.39. The zero-order chi connectivity index (χ0) is 23.2. The molecule has 164 valence electrons. The molecule has 2 heteroatoms. The summed E-state index contributed by atoms with van der Waals surface area (Å²) >= 11 is 3.70. The van der Waals surface area contributed by atoms with Crippen molar-refractivity contribution in [3.63, 3.8) is 0 Å². The van der Waals surface area contributed by atoms with Gasteiger partial charge in [-0.3, -0.25) is 0 Å². The minimum atomic E-state index is 0.905. The summed E-state index contributed by atoms with van der Waals surface area (Å²) in [5.41, 5.74) is 4.21. The Bertz CT molecular complexity index is 1810. The molecule has 0 aliphatic carbocycles. The molecule has 0 amide bonds. The Morgan fingerprint density at radius 2 is 1.00 bits per heavy atom. The summed E-state index contributed by atoms with van der Waals surface area (Å²) in [5, 5.41) is 10.0. The molecule has 0 N–H and O–H groups in total. The van der Waals surface area contributed by atoms with Crippen LogP contribution in [-0.2, 0) is 0 Å². The van der Waals surface area contributed by atoms with Crippen LogP contribution < -0.4 is 0 Å². The number of halogens is 1. The van der Waals surface area contributed by atoms with Crippen LogP contribution in [0.1, 0.15) is 13.8 Å². The van der Waals surface area contributed by atoms with Crippen molar-refractivity contribution in [1.29, 1.82) is 0 Å². The molecule has 0 saturated carbocycles. The Labute approximate surface area is 206 Å². The van der Waals surface area contributed by atoms with Gasteiger partial charge in [-0.25, -0.2) is 0 Å². The van der Waals surface area contributed by atoms with E-state index in [0.29, 0.717) is 0 Å². The second-order valence-corrected chi connectivity index (χ2v) is 9.13. The molecular formula is C32H23BrO. The maximum Gasteiger partial charge on any atom is 0.136 e. The van der Waals surface area contributed by atoms with Gasteiger partial charge in [0, 0.05) is 15.2 Å². The fourth-order valence-corrected chi connectivity index (χ4v) is 5.61. The lowest BCUT2D eigenvalue weighted by molar-refractivity contribution is 0.669. The minimum Gasteiger partial charge on any atom is -0.456 e. The summed E-state index contributed by atoms with van der Waals surface area (Å²) in [6, 6.07) is 36.8. The summed E-state index contributed by atoms with van der Waals surface area (Å²) in [7, 11) is 0. The predicted octanol–water partition coefficient (Wildman–Crippen LogP) is 10.5. The van der Waals surface area contributed by atoms with E-state index in [1.165, 1.54) is 43.4 Å². The molecule has 6 aromatic carbocycles. The number of hydrogen-bond donors (Lipinski definition) is 0. The molecule has 7 rings (SSSR count). The summed E-state index contributed by atoms with van der Waals surface area (Å²) in [5.74, 6) is 0. The normalized spacial score (nSPS) is 11.4. The maximum absolute atomic E-state index is 6.07. The number of hydrogen-bond acceptors (Lipinski definition) is 1. The van der Waals surface area contributed by atoms with Crippen LogP contribution in [0.15, 0.2) is 112 Å². The predicted molar refractivity (Wildman–Crippen MR) is 151 cm³/mol. The zero-order valence-corrected chi connectivity index (χ0v) is 20.7. The Hall–Kier alpha value is -3.62. The lowest BCUT2D eigenvalue weighted by atomic mass is 9.92. The van der Waals surface area contributed by atoms with Crippen molar-refractivity contribution >= 4 is 70.2 Å². The summed E-state index contributed by atoms with van der Waals surface area (Å²) in [6.45, 7) is 4.00. The van der Waals surface area contributed by atoms with Gasteiger partial charge in [0.2, 0.25) is 0 Å². The molecule has 0 fully saturated rings. The van der Waals surface area contributed by atoms with Gasteiger partial charge in [-0.1, -0.05) is 103 Å². The second-order valence-electron chi connectivity index (χ2n) is 8.28. The van der Waals surface area contributed by atoms with E-state index in [1.54, 1.807) is 0 Å². The molecular weight excluding hydrogens is 480 g/mol. The van der Waals surface area contributed by atoms with Crippen molar-refractivity contribution in [2.45, 2.75) is 13.8 Å². The van der Waals surface area contributed by atoms with E-state index in [0.717, 1.165) is 26.4 Å². The van der Waals surface area contributed by atoms with Gasteiger partial charge in [-0.05, 0) is 73.8 Å². The van der Waals surface area contributed by atoms with Gasteiger partial charge in [0.25, 0.3) is 0 Å². The molecule has 0 aliphatic heterocycles. The van der Waals surface area contributed by atoms with Gasteiger partial charge in [-0.15, -0.1) is 0 Å². The molecule has 0 radical (unpaired) electrons. The molecule has 0 unspecified atom stereocenters. The SMILES string of the molecule is Brc1cccc2oc3ccc(-c4ccc5c6ccccc6c6ccccc6c5c4)cc3c12.CC. The second kappa shape index (κ2) is 8.30. The largest absolute Gasteiger partial charge is 0.456 e. The average molecular weight is 503 g/mol. The first kappa shape index (κ1) is 20.9. The third-order valence-electron chi connectivity index (χ3n) is 6.52. The molecule has 1 heterocycles. The van der Waals surface area contributed by atoms with Gasteiger partial charge in [0.15, 0.2) is 0 Å². The molecule has 7 aromatic rings. The number of fused-ring (bicyclic) bond motifs is 9. The highest BCUT2D eigenvalue weighted by molar-refractivity contribution is 9.10. The van der Waals surface area contributed by atoms with Crippen molar-refractivity contribution in [3.05, 3.63) is 108 Å². The number of furan rings is 1. The third-order valence-corrected chi connectivity index (χ3v) is 7.18. The topological polar surface area (TPSA) is 13.1 Å². The van der Waals surface area contributed by atoms with E-state index >= 15 is 0 Å². The highest BCUT2D eigenvalue weighted by Gasteiger charge is 2.13. The van der Waals surface area contributed by atoms with Crippen molar-refractivity contribution in [3.8, 4) is 11.1 Å². The fraction of sp³-hybridized carbons (Fsp3) is 0.0625. The lowest BCUT2D eigenvalue weighted by Gasteiger charge is -2.12. The summed E-state index contributed by atoms with van der Waals surface area (Å²) in [4.78, 5) is 0. The Morgan fingerprint density at radius 1 is 0.471 bits per heavy atom. The zero-order valence-electron chi connectivity index (χ0n) is 19.1. The smallest absolute Gasteiger partial charge is 0.136 e. The van der Waals surface area contributed by atoms with E-state index in [-0.39, 0.29) is 0 Å². The van der Waals surface area contributed by atoms with Crippen LogP contribution in [0.5, 0.6) is 0 Å². The Balaban J connectivity index is 0.00000106. The van der Waals surface area contributed by atoms with Crippen LogP contribution in [0, 0.1) is 0 Å². The molecule has 0 bridgehead atoms. The van der Waals surface area contributed by atoms with Gasteiger partial charge in [-0.2, -0.15) is 0 Å². The van der Waals surface area contributed by atoms with Crippen LogP contribution in [0.2, 0.25) is 0 Å². The van der Waals surface area contributed by atoms with Gasteiger partial charge < -0.3 is 4.42 Å². The molecule has 0 aliphatic rings. The molecule has 1 nitrogen and oxygen atoms in total. The maximum atomic E-state index is 6.07. The fourth-order valence-electron chi connectivity index (χ4n) is 5.05. The van der Waals surface area contributed by atoms with Crippen LogP contribution in [-0.4, -0.2) is 0 Å². The van der Waals surface area contributed by atoms with Crippen molar-refractivity contribution in [1.82, 2.24) is 0 Å². The minimum absolute atomic E-state index is 0.905. The Kier molecular flexibility index (Phi) is 5.12. The first-order valence-corrected chi connectivity index (χ1v) is 12.5. The van der Waals surface area contributed by atoms with Crippen molar-refractivity contribution in [2.24, 2.45) is 0 Å². The quantitative estimate of drug-likeness (QED) is 0.203. The first-order valence-electron chi connectivity index (χ1n) is 11.7. The van der Waals surface area contributed by atoms with Crippen LogP contribution in [0.4, 0.5) is 0 Å². The van der Waals surface area contributed by atoms with Crippen molar-refractivity contribution in [2.75, 3.05) is 0 Å². The third kappa shape index (κ3) is 3.13. The summed E-state index contributed by atoms with van der Waals surface area (Å²) in [6.07, 6.45) is 0. The van der Waals surface area contributed by atoms with Crippen molar-refractivity contribution < 1.29 is 4.42 Å². The molecule has 34 heavy (non-hydrogen) atoms. The van der Waals surface area contributed by atoms with E-state index in [1.807, 2.05) is 26.0 Å².